The van der Waals surface area contributed by atoms with Crippen LogP contribution in [0.3, 0.4) is 0 Å². The summed E-state index contributed by atoms with van der Waals surface area (Å²) < 4.78 is 83.4. The molecule has 2 aliphatic rings. The van der Waals surface area contributed by atoms with Gasteiger partial charge in [0.15, 0.2) is 0 Å². The van der Waals surface area contributed by atoms with Crippen molar-refractivity contribution in [3.05, 3.63) is 108 Å². The van der Waals surface area contributed by atoms with E-state index >= 15 is 0 Å². The second kappa shape index (κ2) is 12.0. The summed E-state index contributed by atoms with van der Waals surface area (Å²) in [5, 5.41) is 0.861. The molecule has 0 aliphatic carbocycles. The minimum Gasteiger partial charge on any atom is -0.324 e. The number of nitrogens with one attached hydrogen (secondary N) is 1. The summed E-state index contributed by atoms with van der Waals surface area (Å²) in [5.41, 5.74) is -3.35. The zero-order valence-electron chi connectivity index (χ0n) is 23.2. The van der Waals surface area contributed by atoms with Crippen molar-refractivity contribution < 1.29 is 40.7 Å². The third-order valence-corrected chi connectivity index (χ3v) is 11.1. The largest absolute Gasteiger partial charge is 0.418 e. The predicted octanol–water partition coefficient (Wildman–Crippen LogP) is 7.69. The number of hydrogen-bond acceptors (Lipinski definition) is 6. The fourth-order valence-corrected chi connectivity index (χ4v) is 8.86. The molecule has 3 aromatic carbocycles. The van der Waals surface area contributed by atoms with Crippen molar-refractivity contribution in [2.75, 3.05) is 10.2 Å². The van der Waals surface area contributed by atoms with Crippen LogP contribution in [0.25, 0.3) is 0 Å². The Labute approximate surface area is 279 Å². The first-order valence-electron chi connectivity index (χ1n) is 13.4. The maximum atomic E-state index is 14.0. The third-order valence-electron chi connectivity index (χ3n) is 7.62. The number of amides is 3. The molecular weight excluding hydrogens is 715 g/mol. The smallest absolute Gasteiger partial charge is 0.324 e. The van der Waals surface area contributed by atoms with Crippen molar-refractivity contribution in [3.63, 3.8) is 0 Å². The lowest BCUT2D eigenvalue weighted by Gasteiger charge is -2.31. The third kappa shape index (κ3) is 5.83. The number of carbonyl (C=O) groups excluding carboxylic acids is 3. The van der Waals surface area contributed by atoms with Crippen LogP contribution in [0.4, 0.5) is 37.7 Å². The van der Waals surface area contributed by atoms with Crippen LogP contribution in [-0.4, -0.2) is 27.5 Å². The van der Waals surface area contributed by atoms with E-state index in [2.05, 4.69) is 5.32 Å². The molecule has 0 unspecified atom stereocenters. The second-order valence-electron chi connectivity index (χ2n) is 10.4. The lowest BCUT2D eigenvalue weighted by Crippen LogP contribution is -2.33. The molecule has 1 N–H and O–H groups in total. The number of hydrogen-bond donors (Lipinski definition) is 1. The number of aromatic nitrogens is 1. The Morgan fingerprint density at radius 1 is 0.830 bits per heavy atom. The Morgan fingerprint density at radius 3 is 2.15 bits per heavy atom. The van der Waals surface area contributed by atoms with Crippen molar-refractivity contribution in [2.45, 2.75) is 35.1 Å². The fraction of sp³-hybridized carbons (Fsp3) is 0.200. The number of halogens is 8. The molecule has 0 bridgehead atoms. The number of carbonyl (C=O) groups is 3. The van der Waals surface area contributed by atoms with Gasteiger partial charge in [0.25, 0.3) is 0 Å². The molecule has 1 fully saturated rings. The number of fused-ring (bicyclic) bond motifs is 2. The number of imide groups is 1. The van der Waals surface area contributed by atoms with Crippen molar-refractivity contribution in [2.24, 2.45) is 5.92 Å². The van der Waals surface area contributed by atoms with Gasteiger partial charge in [-0.25, -0.2) is 4.90 Å². The summed E-state index contributed by atoms with van der Waals surface area (Å²) in [4.78, 5) is 54.2. The van der Waals surface area contributed by atoms with E-state index in [0.29, 0.717) is 28.0 Å². The highest BCUT2D eigenvalue weighted by Gasteiger charge is 2.58. The van der Waals surface area contributed by atoms with Crippen LogP contribution in [-0.2, 0) is 33.3 Å². The lowest BCUT2D eigenvalue weighted by atomic mass is 9.83. The fourth-order valence-electron chi connectivity index (χ4n) is 5.67. The molecular formula is C30H17Cl2F6N3O4S2. The van der Waals surface area contributed by atoms with E-state index in [1.165, 1.54) is 30.3 Å². The average molecular weight is 733 g/mol. The second-order valence-corrected chi connectivity index (χ2v) is 13.3. The van der Waals surface area contributed by atoms with Crippen molar-refractivity contribution in [1.82, 2.24) is 4.57 Å². The van der Waals surface area contributed by atoms with E-state index in [1.807, 2.05) is 0 Å². The Hall–Kier alpha value is -3.79. The quantitative estimate of drug-likeness (QED) is 0.168. The van der Waals surface area contributed by atoms with Gasteiger partial charge in [-0.1, -0.05) is 82.7 Å². The molecule has 0 saturated carbocycles. The Morgan fingerprint density at radius 2 is 1.47 bits per heavy atom. The molecule has 4 aromatic rings. The van der Waals surface area contributed by atoms with E-state index < -0.39 is 81.1 Å². The molecule has 0 spiro atoms. The van der Waals surface area contributed by atoms with E-state index in [1.54, 1.807) is 0 Å². The summed E-state index contributed by atoms with van der Waals surface area (Å²) in [6.45, 7) is -0.778. The van der Waals surface area contributed by atoms with Crippen LogP contribution >= 0.6 is 46.3 Å². The molecule has 6 rings (SSSR count). The van der Waals surface area contributed by atoms with Gasteiger partial charge in [0.1, 0.15) is 11.8 Å². The highest BCUT2D eigenvalue weighted by molar-refractivity contribution is 8.00. The van der Waals surface area contributed by atoms with Crippen LogP contribution in [0.15, 0.2) is 76.6 Å². The Balaban J connectivity index is 1.45. The zero-order chi connectivity index (χ0) is 34.0. The highest BCUT2D eigenvalue weighted by atomic mass is 35.5. The molecule has 3 amide bonds. The standard InChI is InChI=1S/C30H17Cl2F6N3O4S2/c31-16-9-5-6-13(22(16)32)20-21-23(26(44)41(25(21)43)18-11-4-2-8-15(18)30(36,37)38)46-27-24(20)47-28(45)40(27)12-19(42)39-17-10-3-1-7-14(17)29(33,34)35/h1-11,20-21,23H,12H2,(H,39,42)/t20-,21-,23+/m0/s1. The van der Waals surface area contributed by atoms with E-state index in [0.717, 1.165) is 41.0 Å². The predicted molar refractivity (Wildman–Crippen MR) is 164 cm³/mol. The average Bonchev–Trinajstić information content (AvgIpc) is 3.44. The summed E-state index contributed by atoms with van der Waals surface area (Å²) in [5.74, 6) is -5.46. The summed E-state index contributed by atoms with van der Waals surface area (Å²) >= 11 is 14.1. The Kier molecular flexibility index (Phi) is 8.47. The van der Waals surface area contributed by atoms with Crippen LogP contribution in [0, 0.1) is 5.92 Å². The maximum Gasteiger partial charge on any atom is 0.418 e. The monoisotopic (exact) mass is 731 g/mol. The van der Waals surface area contributed by atoms with Crippen LogP contribution in [0.2, 0.25) is 10.0 Å². The number of alkyl halides is 6. The first kappa shape index (κ1) is 33.1. The van der Waals surface area contributed by atoms with Crippen molar-refractivity contribution >= 4 is 75.4 Å². The van der Waals surface area contributed by atoms with Gasteiger partial charge >= 0.3 is 17.2 Å². The zero-order valence-corrected chi connectivity index (χ0v) is 26.3. The normalized spacial score (nSPS) is 19.5. The van der Waals surface area contributed by atoms with Gasteiger partial charge < -0.3 is 5.32 Å². The van der Waals surface area contributed by atoms with Crippen molar-refractivity contribution in [3.8, 4) is 0 Å². The molecule has 7 nitrogen and oxygen atoms in total. The van der Waals surface area contributed by atoms with E-state index in [4.69, 9.17) is 23.2 Å². The first-order chi connectivity index (χ1) is 22.1. The number of rotatable bonds is 5. The first-order valence-corrected chi connectivity index (χ1v) is 15.9. The Bertz CT molecular complexity index is 2010. The molecule has 1 aromatic heterocycles. The minimum absolute atomic E-state index is 0.0287. The van der Waals surface area contributed by atoms with E-state index in [9.17, 15) is 45.5 Å². The van der Waals surface area contributed by atoms with Gasteiger partial charge in [-0.3, -0.25) is 23.7 Å². The summed E-state index contributed by atoms with van der Waals surface area (Å²) in [6, 6.07) is 12.8. The van der Waals surface area contributed by atoms with Crippen molar-refractivity contribution in [1.29, 1.82) is 0 Å². The molecule has 3 heterocycles. The number of anilines is 2. The highest BCUT2D eigenvalue weighted by Crippen LogP contribution is 2.56. The van der Waals surface area contributed by atoms with Crippen LogP contribution < -0.4 is 15.1 Å². The molecule has 47 heavy (non-hydrogen) atoms. The number of nitrogens with zero attached hydrogens (tertiary/aromatic N) is 2. The maximum absolute atomic E-state index is 14.0. The van der Waals surface area contributed by atoms with Gasteiger partial charge in [0.05, 0.1) is 43.5 Å². The van der Waals surface area contributed by atoms with Gasteiger partial charge in [0.2, 0.25) is 17.7 Å². The van der Waals surface area contributed by atoms with Crippen LogP contribution in [0.1, 0.15) is 27.5 Å². The SMILES string of the molecule is O=C(Cn1c2c(sc1=O)[C@@H](c1cccc(Cl)c1Cl)[C@@H]1C(=O)N(c3ccccc3C(F)(F)F)C(=O)[C@@H]1S2)Nc1ccccc1C(F)(F)F. The summed E-state index contributed by atoms with van der Waals surface area (Å²) in [6.07, 6.45) is -9.70. The number of benzene rings is 3. The topological polar surface area (TPSA) is 88.5 Å². The molecule has 3 atom stereocenters. The molecule has 17 heteroatoms. The van der Waals surface area contributed by atoms with Gasteiger partial charge in [-0.15, -0.1) is 0 Å². The molecule has 0 radical (unpaired) electrons. The number of thiazole rings is 1. The van der Waals surface area contributed by atoms with E-state index in [-0.39, 0.29) is 25.5 Å². The van der Waals surface area contributed by atoms with Gasteiger partial charge in [0, 0.05) is 10.8 Å². The molecule has 1 saturated heterocycles. The molecule has 244 valence electrons. The summed E-state index contributed by atoms with van der Waals surface area (Å²) in [7, 11) is 0. The minimum atomic E-state index is -4.91. The molecule has 2 aliphatic heterocycles. The van der Waals surface area contributed by atoms with Crippen LogP contribution in [0.5, 0.6) is 0 Å². The van der Waals surface area contributed by atoms with Gasteiger partial charge in [-0.2, -0.15) is 26.3 Å². The lowest BCUT2D eigenvalue weighted by molar-refractivity contribution is -0.138. The number of thioether (sulfide) groups is 1. The van der Waals surface area contributed by atoms with Gasteiger partial charge in [-0.05, 0) is 35.9 Å². The number of para-hydroxylation sites is 2.